The number of carbonyl (C=O) groups is 1. The summed E-state index contributed by atoms with van der Waals surface area (Å²) in [6, 6.07) is 10.4. The predicted molar refractivity (Wildman–Crippen MR) is 125 cm³/mol. The fourth-order valence-electron chi connectivity index (χ4n) is 2.99. The Hall–Kier alpha value is -3.38. The molecule has 0 heterocycles. The van der Waals surface area contributed by atoms with Crippen LogP contribution in [0.3, 0.4) is 0 Å². The fourth-order valence-corrected chi connectivity index (χ4v) is 4.47. The van der Waals surface area contributed by atoms with Gasteiger partial charge in [0.25, 0.3) is 5.91 Å². The van der Waals surface area contributed by atoms with E-state index in [9.17, 15) is 23.3 Å². The molecule has 1 amide bonds. The van der Waals surface area contributed by atoms with E-state index in [0.717, 1.165) is 11.8 Å². The molecule has 0 aromatic heterocycles. The van der Waals surface area contributed by atoms with Crippen LogP contribution in [0.25, 0.3) is 0 Å². The van der Waals surface area contributed by atoms with E-state index in [-0.39, 0.29) is 36.9 Å². The molecule has 0 aliphatic carbocycles. The van der Waals surface area contributed by atoms with Crippen LogP contribution in [0.15, 0.2) is 47.4 Å². The van der Waals surface area contributed by atoms with E-state index in [1.54, 1.807) is 38.1 Å². The third kappa shape index (κ3) is 7.32. The van der Waals surface area contributed by atoms with Crippen LogP contribution in [0.1, 0.15) is 20.8 Å². The van der Waals surface area contributed by atoms with Gasteiger partial charge in [-0.15, -0.1) is 0 Å². The van der Waals surface area contributed by atoms with Crippen LogP contribution >= 0.6 is 0 Å². The van der Waals surface area contributed by atoms with Crippen LogP contribution < -0.4 is 19.5 Å². The average Bonchev–Trinajstić information content (AvgIpc) is 2.82. The molecule has 2 rings (SSSR count). The highest BCUT2D eigenvalue weighted by molar-refractivity contribution is 7.89. The molecule has 0 fully saturated rings. The van der Waals surface area contributed by atoms with E-state index in [1.165, 1.54) is 16.4 Å². The second kappa shape index (κ2) is 12.8. The summed E-state index contributed by atoms with van der Waals surface area (Å²) < 4.78 is 42.6. The van der Waals surface area contributed by atoms with Crippen LogP contribution in [0.4, 0.5) is 5.69 Å². The number of hydrogen-bond donors (Lipinski definition) is 1. The van der Waals surface area contributed by atoms with Gasteiger partial charge in [0.15, 0.2) is 12.4 Å². The lowest BCUT2D eigenvalue weighted by molar-refractivity contribution is -0.386. The quantitative estimate of drug-likeness (QED) is 0.240. The number of rotatable bonds is 14. The van der Waals surface area contributed by atoms with E-state index < -0.39 is 33.1 Å². The molecule has 186 valence electrons. The van der Waals surface area contributed by atoms with Gasteiger partial charge >= 0.3 is 5.69 Å². The average molecular weight is 496 g/mol. The smallest absolute Gasteiger partial charge is 0.312 e. The lowest BCUT2D eigenvalue weighted by Gasteiger charge is -2.18. The third-order valence-corrected chi connectivity index (χ3v) is 6.70. The zero-order chi connectivity index (χ0) is 25.1. The molecular formula is C22H29N3O8S. The van der Waals surface area contributed by atoms with Crippen LogP contribution in [0, 0.1) is 10.1 Å². The van der Waals surface area contributed by atoms with Crippen molar-refractivity contribution in [1.82, 2.24) is 9.62 Å². The first-order chi connectivity index (χ1) is 16.2. The van der Waals surface area contributed by atoms with Gasteiger partial charge in [-0.1, -0.05) is 13.8 Å². The Morgan fingerprint density at radius 1 is 1.00 bits per heavy atom. The maximum absolute atomic E-state index is 12.6. The lowest BCUT2D eigenvalue weighted by Crippen LogP contribution is -2.32. The van der Waals surface area contributed by atoms with Crippen LogP contribution in [-0.2, 0) is 14.8 Å². The van der Waals surface area contributed by atoms with Crippen molar-refractivity contribution in [3.63, 3.8) is 0 Å². The Bertz CT molecular complexity index is 1070. The normalized spacial score (nSPS) is 11.2. The van der Waals surface area contributed by atoms with E-state index in [0.29, 0.717) is 12.4 Å². The number of nitro groups is 1. The van der Waals surface area contributed by atoms with Gasteiger partial charge in [0.1, 0.15) is 18.1 Å². The first-order valence-corrected chi connectivity index (χ1v) is 12.2. The largest absolute Gasteiger partial charge is 0.494 e. The Morgan fingerprint density at radius 2 is 1.62 bits per heavy atom. The molecule has 2 aromatic carbocycles. The Labute approximate surface area is 198 Å². The van der Waals surface area contributed by atoms with Gasteiger partial charge in [0.05, 0.1) is 23.0 Å². The van der Waals surface area contributed by atoms with E-state index >= 15 is 0 Å². The number of nitro benzene ring substituents is 1. The Morgan fingerprint density at radius 3 is 2.18 bits per heavy atom. The summed E-state index contributed by atoms with van der Waals surface area (Å²) in [6.07, 6.45) is 0. The van der Waals surface area contributed by atoms with Crippen molar-refractivity contribution in [2.45, 2.75) is 25.7 Å². The van der Waals surface area contributed by atoms with Gasteiger partial charge in [0, 0.05) is 19.2 Å². The number of benzene rings is 2. The Kier molecular flexibility index (Phi) is 10.1. The summed E-state index contributed by atoms with van der Waals surface area (Å²) in [6.45, 7) is 6.19. The van der Waals surface area contributed by atoms with E-state index in [2.05, 4.69) is 5.32 Å². The number of ether oxygens (including phenoxy) is 3. The molecule has 0 radical (unpaired) electrons. The zero-order valence-electron chi connectivity index (χ0n) is 19.4. The highest BCUT2D eigenvalue weighted by atomic mass is 32.2. The van der Waals surface area contributed by atoms with Gasteiger partial charge in [-0.3, -0.25) is 14.9 Å². The maximum atomic E-state index is 12.6. The van der Waals surface area contributed by atoms with Crippen molar-refractivity contribution in [3.8, 4) is 17.2 Å². The number of amides is 1. The molecular weight excluding hydrogens is 466 g/mol. The standard InChI is InChI=1S/C22H29N3O8S/c1-4-24(5-2)34(29,30)19-11-12-21(20(15-19)25(27)28)33-16-22(26)23-13-14-32-18-9-7-17(8-10-18)31-6-3/h7-12,15H,4-6,13-14,16H2,1-3H3,(H,23,26). The SMILES string of the molecule is CCOc1ccc(OCCNC(=O)COc2ccc(S(=O)(=O)N(CC)CC)cc2[N+](=O)[O-])cc1. The molecule has 0 aliphatic heterocycles. The Balaban J connectivity index is 1.90. The minimum absolute atomic E-state index is 0.193. The first-order valence-electron chi connectivity index (χ1n) is 10.8. The maximum Gasteiger partial charge on any atom is 0.312 e. The van der Waals surface area contributed by atoms with Crippen molar-refractivity contribution in [1.29, 1.82) is 0 Å². The summed E-state index contributed by atoms with van der Waals surface area (Å²) in [5.41, 5.74) is -0.542. The molecule has 0 aliphatic rings. The minimum atomic E-state index is -3.88. The van der Waals surface area contributed by atoms with Gasteiger partial charge < -0.3 is 19.5 Å². The second-order valence-electron chi connectivity index (χ2n) is 6.87. The van der Waals surface area contributed by atoms with Crippen molar-refractivity contribution in [2.24, 2.45) is 0 Å². The topological polar surface area (TPSA) is 137 Å². The fraction of sp³-hybridized carbons (Fsp3) is 0.409. The second-order valence-corrected chi connectivity index (χ2v) is 8.81. The number of carbonyl (C=O) groups excluding carboxylic acids is 1. The molecule has 0 bridgehead atoms. The molecule has 0 atom stereocenters. The highest BCUT2D eigenvalue weighted by Crippen LogP contribution is 2.30. The van der Waals surface area contributed by atoms with Gasteiger partial charge in [-0.25, -0.2) is 8.42 Å². The van der Waals surface area contributed by atoms with Crippen LogP contribution in [0.5, 0.6) is 17.2 Å². The van der Waals surface area contributed by atoms with Gasteiger partial charge in [-0.2, -0.15) is 4.31 Å². The monoisotopic (exact) mass is 495 g/mol. The van der Waals surface area contributed by atoms with Crippen molar-refractivity contribution >= 4 is 21.6 Å². The third-order valence-electron chi connectivity index (χ3n) is 4.66. The molecule has 0 saturated heterocycles. The molecule has 0 unspecified atom stereocenters. The van der Waals surface area contributed by atoms with Crippen molar-refractivity contribution in [3.05, 3.63) is 52.6 Å². The van der Waals surface area contributed by atoms with Crippen molar-refractivity contribution < 1.29 is 32.3 Å². The lowest BCUT2D eigenvalue weighted by atomic mass is 10.3. The summed E-state index contributed by atoms with van der Waals surface area (Å²) >= 11 is 0. The molecule has 0 saturated carbocycles. The molecule has 2 aromatic rings. The molecule has 34 heavy (non-hydrogen) atoms. The summed E-state index contributed by atoms with van der Waals surface area (Å²) in [4.78, 5) is 22.5. The van der Waals surface area contributed by atoms with Gasteiger partial charge in [0.2, 0.25) is 10.0 Å². The molecule has 11 nitrogen and oxygen atoms in total. The molecule has 0 spiro atoms. The zero-order valence-corrected chi connectivity index (χ0v) is 20.2. The van der Waals surface area contributed by atoms with Crippen molar-refractivity contribution in [2.75, 3.05) is 39.5 Å². The number of sulfonamides is 1. The molecule has 1 N–H and O–H groups in total. The predicted octanol–water partition coefficient (Wildman–Crippen LogP) is 2.60. The number of hydrogen-bond acceptors (Lipinski definition) is 8. The minimum Gasteiger partial charge on any atom is -0.494 e. The van der Waals surface area contributed by atoms with Crippen LogP contribution in [-0.4, -0.2) is 63.0 Å². The van der Waals surface area contributed by atoms with E-state index in [4.69, 9.17) is 14.2 Å². The highest BCUT2D eigenvalue weighted by Gasteiger charge is 2.26. The summed E-state index contributed by atoms with van der Waals surface area (Å²) in [7, 11) is -3.88. The summed E-state index contributed by atoms with van der Waals surface area (Å²) in [5, 5.41) is 14.0. The van der Waals surface area contributed by atoms with Gasteiger partial charge in [-0.05, 0) is 43.3 Å². The number of nitrogens with zero attached hydrogens (tertiary/aromatic N) is 2. The summed E-state index contributed by atoms with van der Waals surface area (Å²) in [5.74, 6) is 0.631. The first kappa shape index (κ1) is 26.9. The van der Waals surface area contributed by atoms with Crippen LogP contribution in [0.2, 0.25) is 0 Å². The number of nitrogens with one attached hydrogen (secondary N) is 1. The van der Waals surface area contributed by atoms with E-state index in [1.807, 2.05) is 6.92 Å². The molecule has 12 heteroatoms.